The quantitative estimate of drug-likeness (QED) is 0.553. The zero-order valence-corrected chi connectivity index (χ0v) is 21.9. The highest BCUT2D eigenvalue weighted by molar-refractivity contribution is 6.03. The molecular formula is C32H31N5O2. The fourth-order valence-electron chi connectivity index (χ4n) is 5.36. The summed E-state index contributed by atoms with van der Waals surface area (Å²) < 4.78 is 0. The fraction of sp³-hybridized carbons (Fsp3) is 0.375. The van der Waals surface area contributed by atoms with Crippen LogP contribution in [-0.4, -0.2) is 59.6 Å². The van der Waals surface area contributed by atoms with Gasteiger partial charge in [0.25, 0.3) is 0 Å². The van der Waals surface area contributed by atoms with Crippen molar-refractivity contribution in [3.63, 3.8) is 0 Å². The molecule has 0 aromatic heterocycles. The third-order valence-corrected chi connectivity index (χ3v) is 7.67. The normalized spacial score (nSPS) is 20.6. The molecule has 2 saturated heterocycles. The zero-order valence-electron chi connectivity index (χ0n) is 21.9. The van der Waals surface area contributed by atoms with Crippen LogP contribution in [0.1, 0.15) is 47.4 Å². The molecule has 0 bridgehead atoms. The van der Waals surface area contributed by atoms with Gasteiger partial charge in [0.05, 0.1) is 29.7 Å². The van der Waals surface area contributed by atoms with Crippen molar-refractivity contribution in [2.75, 3.05) is 32.7 Å². The predicted molar refractivity (Wildman–Crippen MR) is 149 cm³/mol. The van der Waals surface area contributed by atoms with Gasteiger partial charge in [-0.2, -0.15) is 10.5 Å². The Morgan fingerprint density at radius 2 is 1.56 bits per heavy atom. The number of nitrogens with zero attached hydrogens (tertiary/aromatic N) is 5. The van der Waals surface area contributed by atoms with E-state index in [-0.39, 0.29) is 35.7 Å². The molecule has 0 saturated carbocycles. The van der Waals surface area contributed by atoms with Crippen LogP contribution >= 0.6 is 0 Å². The van der Waals surface area contributed by atoms with Gasteiger partial charge in [0, 0.05) is 68.8 Å². The van der Waals surface area contributed by atoms with E-state index < -0.39 is 0 Å². The average molecular weight is 518 g/mol. The summed E-state index contributed by atoms with van der Waals surface area (Å²) in [6, 6.07) is 21.1. The van der Waals surface area contributed by atoms with E-state index in [0.29, 0.717) is 12.1 Å². The van der Waals surface area contributed by atoms with E-state index in [2.05, 4.69) is 63.0 Å². The lowest BCUT2D eigenvalue weighted by molar-refractivity contribution is -0.117. The van der Waals surface area contributed by atoms with Crippen LogP contribution in [0.25, 0.3) is 0 Å². The molecule has 0 unspecified atom stereocenters. The van der Waals surface area contributed by atoms with E-state index in [0.717, 1.165) is 62.4 Å². The topological polar surface area (TPSA) is 104 Å². The summed E-state index contributed by atoms with van der Waals surface area (Å²) in [6.07, 6.45) is 3.10. The first kappa shape index (κ1) is 26.4. The highest BCUT2D eigenvalue weighted by Gasteiger charge is 2.30. The number of allylic oxidation sites excluding steroid dienone is 2. The SMILES string of the molecule is N#CC1CN(C[C@H](CC2=C(O)C(=O)CC=N2)c2ccc(C#Cc3ccc(CN4CC[C@H](C#N)C4)cc3)cc2)C1. The van der Waals surface area contributed by atoms with Gasteiger partial charge in [-0.1, -0.05) is 36.1 Å². The molecule has 1 N–H and O–H groups in total. The Balaban J connectivity index is 1.24. The van der Waals surface area contributed by atoms with Crippen LogP contribution < -0.4 is 0 Å². The summed E-state index contributed by atoms with van der Waals surface area (Å²) in [6.45, 7) is 4.88. The Kier molecular flexibility index (Phi) is 8.18. The number of Topliss-reactive ketones (excluding diaryl/α,β-unsaturated/α-hetero) is 1. The molecule has 0 aliphatic carbocycles. The Labute approximate surface area is 229 Å². The maximum absolute atomic E-state index is 12.0. The first-order chi connectivity index (χ1) is 19.0. The fourth-order valence-corrected chi connectivity index (χ4v) is 5.36. The lowest BCUT2D eigenvalue weighted by Crippen LogP contribution is -2.47. The van der Waals surface area contributed by atoms with Crippen LogP contribution in [-0.2, 0) is 11.3 Å². The molecule has 2 atom stereocenters. The van der Waals surface area contributed by atoms with Crippen LogP contribution in [0.5, 0.6) is 0 Å². The maximum Gasteiger partial charge on any atom is 0.204 e. The molecule has 2 aromatic carbocycles. The summed E-state index contributed by atoms with van der Waals surface area (Å²) in [5, 5.41) is 28.5. The van der Waals surface area contributed by atoms with Gasteiger partial charge in [0.1, 0.15) is 0 Å². The Morgan fingerprint density at radius 3 is 2.21 bits per heavy atom. The van der Waals surface area contributed by atoms with E-state index in [9.17, 15) is 9.90 Å². The molecular weight excluding hydrogens is 486 g/mol. The van der Waals surface area contributed by atoms with Gasteiger partial charge in [0.2, 0.25) is 5.78 Å². The first-order valence-electron chi connectivity index (χ1n) is 13.4. The minimum absolute atomic E-state index is 0.0263. The standard InChI is InChI=1S/C32H31N5O2/c33-16-26-12-14-36(19-26)18-25-5-3-23(4-6-25)1-2-24-7-9-28(10-8-24)29(22-37-20-27(17-34)21-37)15-30-32(39)31(38)11-13-35-30/h3-10,13,26-27,29,39H,11-12,14-15,18-22H2/t26-,29+/m1/s1. The molecule has 3 aliphatic heterocycles. The molecule has 7 heteroatoms. The number of likely N-dealkylation sites (tertiary alicyclic amines) is 2. The molecule has 7 nitrogen and oxygen atoms in total. The van der Waals surface area contributed by atoms with Gasteiger partial charge < -0.3 is 10.0 Å². The monoisotopic (exact) mass is 517 g/mol. The Morgan fingerprint density at radius 1 is 0.923 bits per heavy atom. The van der Waals surface area contributed by atoms with Gasteiger partial charge in [0.15, 0.2) is 5.76 Å². The van der Waals surface area contributed by atoms with Crippen LogP contribution in [0.2, 0.25) is 0 Å². The Bertz CT molecular complexity index is 1410. The molecule has 3 heterocycles. The number of aliphatic imine (C=N–C) groups is 1. The van der Waals surface area contributed by atoms with Gasteiger partial charge in [-0.15, -0.1) is 0 Å². The van der Waals surface area contributed by atoms with Crippen molar-refractivity contribution in [1.82, 2.24) is 9.80 Å². The number of aliphatic hydroxyl groups is 1. The van der Waals surface area contributed by atoms with Crippen molar-refractivity contribution >= 4 is 12.0 Å². The first-order valence-corrected chi connectivity index (χ1v) is 13.4. The summed E-state index contributed by atoms with van der Waals surface area (Å²) in [5.41, 5.74) is 4.59. The van der Waals surface area contributed by atoms with Gasteiger partial charge >= 0.3 is 0 Å². The summed E-state index contributed by atoms with van der Waals surface area (Å²) >= 11 is 0. The minimum Gasteiger partial charge on any atom is -0.503 e. The molecule has 2 fully saturated rings. The molecule has 3 aliphatic rings. The lowest BCUT2D eigenvalue weighted by atomic mass is 9.89. The third kappa shape index (κ3) is 6.62. The van der Waals surface area contributed by atoms with Gasteiger partial charge in [-0.25, -0.2) is 0 Å². The predicted octanol–water partition coefficient (Wildman–Crippen LogP) is 4.17. The summed E-state index contributed by atoms with van der Waals surface area (Å²) in [4.78, 5) is 20.8. The lowest BCUT2D eigenvalue weighted by Gasteiger charge is -2.38. The number of nitriles is 2. The van der Waals surface area contributed by atoms with E-state index in [1.807, 2.05) is 24.3 Å². The van der Waals surface area contributed by atoms with Crippen molar-refractivity contribution < 1.29 is 9.90 Å². The smallest absolute Gasteiger partial charge is 0.204 e. The van der Waals surface area contributed by atoms with E-state index >= 15 is 0 Å². The number of hydrogen-bond acceptors (Lipinski definition) is 7. The molecule has 2 aromatic rings. The largest absolute Gasteiger partial charge is 0.503 e. The van der Waals surface area contributed by atoms with E-state index in [1.165, 1.54) is 5.56 Å². The number of rotatable bonds is 7. The number of aliphatic hydroxyl groups excluding tert-OH is 1. The second-order valence-corrected chi connectivity index (χ2v) is 10.6. The molecule has 39 heavy (non-hydrogen) atoms. The second-order valence-electron chi connectivity index (χ2n) is 10.6. The molecule has 0 spiro atoms. The molecule has 0 amide bonds. The van der Waals surface area contributed by atoms with Crippen LogP contribution in [0.3, 0.4) is 0 Å². The zero-order chi connectivity index (χ0) is 27.2. The van der Waals surface area contributed by atoms with Crippen molar-refractivity contribution in [3.05, 3.63) is 82.2 Å². The number of carbonyl (C=O) groups excluding carboxylic acids is 1. The van der Waals surface area contributed by atoms with Crippen molar-refractivity contribution in [1.29, 1.82) is 10.5 Å². The highest BCUT2D eigenvalue weighted by atomic mass is 16.3. The Hall–Kier alpha value is -4.22. The molecule has 0 radical (unpaired) electrons. The third-order valence-electron chi connectivity index (χ3n) is 7.67. The van der Waals surface area contributed by atoms with E-state index in [4.69, 9.17) is 10.5 Å². The van der Waals surface area contributed by atoms with Gasteiger partial charge in [-0.3, -0.25) is 14.7 Å². The molecule has 5 rings (SSSR count). The van der Waals surface area contributed by atoms with Crippen molar-refractivity contribution in [3.8, 4) is 24.0 Å². The van der Waals surface area contributed by atoms with Gasteiger partial charge in [-0.05, 0) is 48.4 Å². The summed E-state index contributed by atoms with van der Waals surface area (Å²) in [5.74, 6) is 6.20. The number of hydrogen-bond donors (Lipinski definition) is 1. The maximum atomic E-state index is 12.0. The van der Waals surface area contributed by atoms with Crippen molar-refractivity contribution in [2.45, 2.75) is 31.7 Å². The van der Waals surface area contributed by atoms with Crippen LogP contribution in [0, 0.1) is 46.3 Å². The van der Waals surface area contributed by atoms with Crippen LogP contribution in [0.15, 0.2) is 65.0 Å². The summed E-state index contributed by atoms with van der Waals surface area (Å²) in [7, 11) is 0. The number of benzene rings is 2. The van der Waals surface area contributed by atoms with Crippen LogP contribution in [0.4, 0.5) is 0 Å². The highest BCUT2D eigenvalue weighted by Crippen LogP contribution is 2.30. The second kappa shape index (κ2) is 12.1. The van der Waals surface area contributed by atoms with Crippen molar-refractivity contribution in [2.24, 2.45) is 16.8 Å². The minimum atomic E-state index is -0.297. The van der Waals surface area contributed by atoms with E-state index in [1.54, 1.807) is 6.21 Å². The average Bonchev–Trinajstić information content (AvgIpc) is 3.39. The number of ketones is 1. The number of carbonyl (C=O) groups is 1. The molecule has 196 valence electrons.